The molecule has 0 N–H and O–H groups in total. The summed E-state index contributed by atoms with van der Waals surface area (Å²) in [5.41, 5.74) is 3.23. The first kappa shape index (κ1) is 17.0. The Bertz CT molecular complexity index is 632. The van der Waals surface area contributed by atoms with Gasteiger partial charge in [0.1, 0.15) is 0 Å². The molecule has 0 unspecified atom stereocenters. The van der Waals surface area contributed by atoms with Crippen molar-refractivity contribution < 1.29 is 4.79 Å². The van der Waals surface area contributed by atoms with Crippen LogP contribution in [0, 0.1) is 0 Å². The Labute approximate surface area is 151 Å². The monoisotopic (exact) mass is 341 g/mol. The van der Waals surface area contributed by atoms with E-state index in [-0.39, 0.29) is 5.54 Å². The van der Waals surface area contributed by atoms with Crippen molar-refractivity contribution >= 4 is 5.91 Å². The molecular formula is C21H31N3O. The van der Waals surface area contributed by atoms with Gasteiger partial charge in [-0.15, -0.1) is 0 Å². The molecular weight excluding hydrogens is 310 g/mol. The van der Waals surface area contributed by atoms with Crippen LogP contribution < -0.4 is 0 Å². The number of likely N-dealkylation sites (tertiary alicyclic amines) is 1. The van der Waals surface area contributed by atoms with Crippen LogP contribution in [0.2, 0.25) is 0 Å². The number of hydrogen-bond donors (Lipinski definition) is 0. The van der Waals surface area contributed by atoms with E-state index in [9.17, 15) is 4.79 Å². The van der Waals surface area contributed by atoms with Crippen LogP contribution in [0.4, 0.5) is 0 Å². The molecule has 1 aromatic rings. The zero-order valence-electron chi connectivity index (χ0n) is 15.7. The average molecular weight is 341 g/mol. The van der Waals surface area contributed by atoms with Crippen molar-refractivity contribution in [3.63, 3.8) is 0 Å². The molecule has 1 aromatic carbocycles. The molecule has 1 saturated heterocycles. The molecule has 4 nitrogen and oxygen atoms in total. The number of likely N-dealkylation sites (N-methyl/N-ethyl adjacent to an activating group) is 2. The Morgan fingerprint density at radius 3 is 2.60 bits per heavy atom. The largest absolute Gasteiger partial charge is 0.339 e. The molecule has 1 aliphatic carbocycles. The SMILES string of the molecule is CCN(C(=O)CN1CCC2(CC1)c1ccccc1CCN2C)C1CC1. The number of piperidine rings is 1. The fraction of sp³-hybridized carbons (Fsp3) is 0.667. The molecule has 2 aliphatic heterocycles. The van der Waals surface area contributed by atoms with Crippen LogP contribution in [0.3, 0.4) is 0 Å². The summed E-state index contributed by atoms with van der Waals surface area (Å²) >= 11 is 0. The second kappa shape index (κ2) is 6.73. The van der Waals surface area contributed by atoms with Gasteiger partial charge >= 0.3 is 0 Å². The fourth-order valence-electron chi connectivity index (χ4n) is 4.94. The number of rotatable bonds is 4. The highest BCUT2D eigenvalue weighted by molar-refractivity contribution is 5.79. The van der Waals surface area contributed by atoms with Gasteiger partial charge < -0.3 is 4.90 Å². The minimum atomic E-state index is 0.176. The Hall–Kier alpha value is -1.39. The smallest absolute Gasteiger partial charge is 0.236 e. The standard InChI is InChI=1S/C21H31N3O/c1-3-24(18-8-9-18)20(25)16-23-14-11-21(12-15-23)19-7-5-4-6-17(19)10-13-22(21)2/h4-7,18H,3,8-16H2,1-2H3. The second-order valence-electron chi connectivity index (χ2n) is 8.05. The van der Waals surface area contributed by atoms with E-state index in [1.807, 2.05) is 0 Å². The number of hydrogen-bond acceptors (Lipinski definition) is 3. The van der Waals surface area contributed by atoms with Crippen molar-refractivity contribution in [3.05, 3.63) is 35.4 Å². The number of fused-ring (bicyclic) bond motifs is 2. The second-order valence-corrected chi connectivity index (χ2v) is 8.05. The molecule has 1 spiro atoms. The Morgan fingerprint density at radius 2 is 1.92 bits per heavy atom. The van der Waals surface area contributed by atoms with Crippen LogP contribution in [0.1, 0.15) is 43.7 Å². The third-order valence-corrected chi connectivity index (χ3v) is 6.66. The Morgan fingerprint density at radius 1 is 1.20 bits per heavy atom. The van der Waals surface area contributed by atoms with E-state index in [0.717, 1.165) is 45.4 Å². The summed E-state index contributed by atoms with van der Waals surface area (Å²) in [6.07, 6.45) is 5.81. The van der Waals surface area contributed by atoms with Crippen molar-refractivity contribution in [2.45, 2.75) is 50.6 Å². The lowest BCUT2D eigenvalue weighted by atomic mass is 9.74. The molecule has 0 bridgehead atoms. The summed E-state index contributed by atoms with van der Waals surface area (Å²) in [4.78, 5) is 19.7. The van der Waals surface area contributed by atoms with E-state index < -0.39 is 0 Å². The van der Waals surface area contributed by atoms with Gasteiger partial charge in [-0.1, -0.05) is 24.3 Å². The predicted molar refractivity (Wildman–Crippen MR) is 101 cm³/mol. The minimum Gasteiger partial charge on any atom is -0.339 e. The highest BCUT2D eigenvalue weighted by atomic mass is 16.2. The molecule has 0 aromatic heterocycles. The lowest BCUT2D eigenvalue weighted by molar-refractivity contribution is -0.133. The van der Waals surface area contributed by atoms with Crippen molar-refractivity contribution in [1.29, 1.82) is 0 Å². The molecule has 4 heteroatoms. The van der Waals surface area contributed by atoms with Crippen LogP contribution in [0.5, 0.6) is 0 Å². The normalized spacial score (nSPS) is 23.4. The maximum atomic E-state index is 12.6. The molecule has 0 atom stereocenters. The first-order valence-electron chi connectivity index (χ1n) is 9.95. The molecule has 1 amide bonds. The summed E-state index contributed by atoms with van der Waals surface area (Å²) < 4.78 is 0. The van der Waals surface area contributed by atoms with Gasteiger partial charge in [0.05, 0.1) is 6.54 Å². The zero-order chi connectivity index (χ0) is 17.4. The molecule has 25 heavy (non-hydrogen) atoms. The van der Waals surface area contributed by atoms with Crippen molar-refractivity contribution in [3.8, 4) is 0 Å². The molecule has 2 heterocycles. The lowest BCUT2D eigenvalue weighted by Crippen LogP contribution is -2.55. The molecule has 2 fully saturated rings. The van der Waals surface area contributed by atoms with E-state index in [1.165, 1.54) is 24.0 Å². The summed E-state index contributed by atoms with van der Waals surface area (Å²) in [5.74, 6) is 0.332. The minimum absolute atomic E-state index is 0.176. The summed E-state index contributed by atoms with van der Waals surface area (Å²) in [6, 6.07) is 9.52. The van der Waals surface area contributed by atoms with E-state index in [1.54, 1.807) is 0 Å². The van der Waals surface area contributed by atoms with Crippen LogP contribution in [0.25, 0.3) is 0 Å². The highest BCUT2D eigenvalue weighted by Crippen LogP contribution is 2.42. The van der Waals surface area contributed by atoms with Gasteiger partial charge in [-0.3, -0.25) is 14.6 Å². The Balaban J connectivity index is 1.43. The van der Waals surface area contributed by atoms with E-state index in [2.05, 4.69) is 52.9 Å². The van der Waals surface area contributed by atoms with Gasteiger partial charge in [0.25, 0.3) is 0 Å². The van der Waals surface area contributed by atoms with Crippen molar-refractivity contribution in [1.82, 2.24) is 14.7 Å². The van der Waals surface area contributed by atoms with Gasteiger partial charge in [0.15, 0.2) is 0 Å². The fourth-order valence-corrected chi connectivity index (χ4v) is 4.94. The Kier molecular flexibility index (Phi) is 4.59. The topological polar surface area (TPSA) is 26.8 Å². The van der Waals surface area contributed by atoms with Crippen molar-refractivity contribution in [2.75, 3.05) is 39.8 Å². The quantitative estimate of drug-likeness (QED) is 0.842. The van der Waals surface area contributed by atoms with E-state index in [4.69, 9.17) is 0 Å². The first-order chi connectivity index (χ1) is 12.1. The molecule has 3 aliphatic rings. The zero-order valence-corrected chi connectivity index (χ0v) is 15.7. The molecule has 1 saturated carbocycles. The average Bonchev–Trinajstić information content (AvgIpc) is 3.46. The van der Waals surface area contributed by atoms with Gasteiger partial charge in [0.2, 0.25) is 5.91 Å². The van der Waals surface area contributed by atoms with Gasteiger partial charge in [0, 0.05) is 37.8 Å². The molecule has 4 rings (SSSR count). The predicted octanol–water partition coefficient (Wildman–Crippen LogP) is 2.48. The molecule has 136 valence electrons. The van der Waals surface area contributed by atoms with Crippen LogP contribution in [-0.2, 0) is 16.8 Å². The maximum Gasteiger partial charge on any atom is 0.236 e. The number of carbonyl (C=O) groups excluding carboxylic acids is 1. The van der Waals surface area contributed by atoms with E-state index in [0.29, 0.717) is 18.5 Å². The van der Waals surface area contributed by atoms with Gasteiger partial charge in [-0.05, 0) is 57.2 Å². The third kappa shape index (κ3) is 3.11. The van der Waals surface area contributed by atoms with Gasteiger partial charge in [-0.2, -0.15) is 0 Å². The van der Waals surface area contributed by atoms with Gasteiger partial charge in [-0.25, -0.2) is 0 Å². The van der Waals surface area contributed by atoms with Crippen LogP contribution >= 0.6 is 0 Å². The van der Waals surface area contributed by atoms with Crippen LogP contribution in [0.15, 0.2) is 24.3 Å². The number of nitrogens with zero attached hydrogens (tertiary/aromatic N) is 3. The lowest BCUT2D eigenvalue weighted by Gasteiger charge is -2.51. The van der Waals surface area contributed by atoms with E-state index >= 15 is 0 Å². The highest BCUT2D eigenvalue weighted by Gasteiger charge is 2.43. The number of benzene rings is 1. The molecule has 0 radical (unpaired) electrons. The van der Waals surface area contributed by atoms with Crippen LogP contribution in [-0.4, -0.2) is 66.4 Å². The number of carbonyl (C=O) groups is 1. The summed E-state index contributed by atoms with van der Waals surface area (Å²) in [6.45, 7) is 6.75. The summed E-state index contributed by atoms with van der Waals surface area (Å²) in [7, 11) is 2.28. The number of amides is 1. The summed E-state index contributed by atoms with van der Waals surface area (Å²) in [5, 5.41) is 0. The maximum absolute atomic E-state index is 12.6. The first-order valence-corrected chi connectivity index (χ1v) is 9.95. The third-order valence-electron chi connectivity index (χ3n) is 6.66. The van der Waals surface area contributed by atoms with Crippen molar-refractivity contribution in [2.24, 2.45) is 0 Å².